The standard InChI is InChI=1S/C31H30F3N5O6S2/c1-4-44-28(42)24-18(3)25(29(43)45-5-2)47-27(24)36-23(40)17-46-30-38-37-22(39(30)16-19-11-7-6-8-12-19)15-35-26(41)20-13-9-10-14-21(20)31(32,33)34/h6-14H,4-5,15-17H2,1-3H3,(H,35,41)(H,36,40). The van der Waals surface area contributed by atoms with Gasteiger partial charge in [0, 0.05) is 0 Å². The summed E-state index contributed by atoms with van der Waals surface area (Å²) in [6.45, 7) is 5.05. The Morgan fingerprint density at radius 1 is 0.936 bits per heavy atom. The predicted molar refractivity (Wildman–Crippen MR) is 169 cm³/mol. The lowest BCUT2D eigenvalue weighted by atomic mass is 10.1. The van der Waals surface area contributed by atoms with Crippen LogP contribution in [0.5, 0.6) is 0 Å². The van der Waals surface area contributed by atoms with E-state index < -0.39 is 41.1 Å². The molecule has 0 spiro atoms. The van der Waals surface area contributed by atoms with E-state index in [1.54, 1.807) is 25.3 Å². The van der Waals surface area contributed by atoms with Gasteiger partial charge in [0.25, 0.3) is 5.91 Å². The number of carbonyl (C=O) groups excluding carboxylic acids is 4. The highest BCUT2D eigenvalue weighted by Gasteiger charge is 2.35. The Kier molecular flexibility index (Phi) is 11.8. The Morgan fingerprint density at radius 3 is 2.28 bits per heavy atom. The second kappa shape index (κ2) is 15.7. The first kappa shape index (κ1) is 35.2. The first-order chi connectivity index (χ1) is 22.4. The van der Waals surface area contributed by atoms with Crippen molar-refractivity contribution in [3.8, 4) is 0 Å². The fourth-order valence-electron chi connectivity index (χ4n) is 4.40. The number of nitrogens with zero attached hydrogens (tertiary/aromatic N) is 3. The number of halogens is 3. The Morgan fingerprint density at radius 2 is 1.60 bits per heavy atom. The number of thioether (sulfide) groups is 1. The number of ether oxygens (including phenoxy) is 2. The van der Waals surface area contributed by atoms with Crippen molar-refractivity contribution in [1.82, 2.24) is 20.1 Å². The monoisotopic (exact) mass is 689 g/mol. The minimum absolute atomic E-state index is 0.0515. The van der Waals surface area contributed by atoms with E-state index in [0.29, 0.717) is 10.7 Å². The minimum Gasteiger partial charge on any atom is -0.462 e. The molecule has 11 nitrogen and oxygen atoms in total. The predicted octanol–water partition coefficient (Wildman–Crippen LogP) is 5.73. The summed E-state index contributed by atoms with van der Waals surface area (Å²) >= 11 is 1.91. The van der Waals surface area contributed by atoms with E-state index in [0.717, 1.165) is 40.8 Å². The number of hydrogen-bond donors (Lipinski definition) is 2. The fourth-order valence-corrected chi connectivity index (χ4v) is 6.26. The second-order valence-corrected chi connectivity index (χ2v) is 11.7. The number of alkyl halides is 3. The number of benzene rings is 2. The molecule has 248 valence electrons. The van der Waals surface area contributed by atoms with Crippen LogP contribution in [0.1, 0.15) is 66.7 Å². The summed E-state index contributed by atoms with van der Waals surface area (Å²) in [5.74, 6) is -2.74. The lowest BCUT2D eigenvalue weighted by molar-refractivity contribution is -0.138. The van der Waals surface area contributed by atoms with Gasteiger partial charge in [0.15, 0.2) is 11.0 Å². The van der Waals surface area contributed by atoms with Gasteiger partial charge < -0.3 is 24.7 Å². The number of rotatable bonds is 13. The van der Waals surface area contributed by atoms with Gasteiger partial charge in [-0.15, -0.1) is 21.5 Å². The zero-order valence-corrected chi connectivity index (χ0v) is 27.1. The SMILES string of the molecule is CCOC(=O)c1sc(NC(=O)CSc2nnc(CNC(=O)c3ccccc3C(F)(F)F)n2Cc2ccccc2)c(C(=O)OCC)c1C. The number of thiophene rings is 1. The molecular formula is C31H30F3N5O6S2. The molecule has 47 heavy (non-hydrogen) atoms. The molecule has 0 atom stereocenters. The van der Waals surface area contributed by atoms with Crippen molar-refractivity contribution in [2.24, 2.45) is 0 Å². The topological polar surface area (TPSA) is 142 Å². The van der Waals surface area contributed by atoms with Crippen molar-refractivity contribution in [3.63, 3.8) is 0 Å². The lowest BCUT2D eigenvalue weighted by Crippen LogP contribution is -2.27. The number of carbonyl (C=O) groups is 4. The molecule has 2 amide bonds. The molecule has 0 saturated carbocycles. The largest absolute Gasteiger partial charge is 0.462 e. The van der Waals surface area contributed by atoms with Crippen LogP contribution in [0.3, 0.4) is 0 Å². The first-order valence-electron chi connectivity index (χ1n) is 14.2. The summed E-state index contributed by atoms with van der Waals surface area (Å²) in [6, 6.07) is 13.6. The molecule has 4 rings (SSSR count). The minimum atomic E-state index is -4.72. The molecule has 0 saturated heterocycles. The average Bonchev–Trinajstić information content (AvgIpc) is 3.58. The van der Waals surface area contributed by atoms with Crippen molar-refractivity contribution < 1.29 is 41.8 Å². The lowest BCUT2D eigenvalue weighted by Gasteiger charge is -2.14. The van der Waals surface area contributed by atoms with Crippen molar-refractivity contribution in [2.75, 3.05) is 24.3 Å². The number of esters is 2. The molecular weight excluding hydrogens is 659 g/mol. The third-order valence-corrected chi connectivity index (χ3v) is 8.69. The maximum atomic E-state index is 13.5. The van der Waals surface area contributed by atoms with Crippen LogP contribution >= 0.6 is 23.1 Å². The molecule has 2 aromatic carbocycles. The maximum Gasteiger partial charge on any atom is 0.417 e. The van der Waals surface area contributed by atoms with Crippen LogP contribution < -0.4 is 10.6 Å². The summed E-state index contributed by atoms with van der Waals surface area (Å²) in [5.41, 5.74) is -0.379. The molecule has 0 bridgehead atoms. The van der Waals surface area contributed by atoms with Crippen LogP contribution in [-0.4, -0.2) is 57.5 Å². The van der Waals surface area contributed by atoms with Gasteiger partial charge in [0.05, 0.1) is 48.7 Å². The van der Waals surface area contributed by atoms with Gasteiger partial charge >= 0.3 is 18.1 Å². The molecule has 2 heterocycles. The van der Waals surface area contributed by atoms with E-state index in [2.05, 4.69) is 20.8 Å². The Labute approximate surface area is 275 Å². The molecule has 0 fully saturated rings. The number of nitrogens with one attached hydrogen (secondary N) is 2. The summed E-state index contributed by atoms with van der Waals surface area (Å²) in [5, 5.41) is 13.9. The molecule has 0 aliphatic carbocycles. The quantitative estimate of drug-likeness (QED) is 0.133. The summed E-state index contributed by atoms with van der Waals surface area (Å²) in [6.07, 6.45) is -4.72. The maximum absolute atomic E-state index is 13.5. The average molecular weight is 690 g/mol. The van der Waals surface area contributed by atoms with Gasteiger partial charge in [-0.05, 0) is 44.0 Å². The third-order valence-electron chi connectivity index (χ3n) is 6.53. The van der Waals surface area contributed by atoms with Gasteiger partial charge in [-0.3, -0.25) is 9.59 Å². The molecule has 2 N–H and O–H groups in total. The van der Waals surface area contributed by atoms with Gasteiger partial charge in [0.2, 0.25) is 5.91 Å². The number of amides is 2. The number of anilines is 1. The smallest absolute Gasteiger partial charge is 0.417 e. The highest BCUT2D eigenvalue weighted by Crippen LogP contribution is 2.35. The van der Waals surface area contributed by atoms with Crippen LogP contribution in [0.4, 0.5) is 18.2 Å². The van der Waals surface area contributed by atoms with E-state index in [9.17, 15) is 32.3 Å². The van der Waals surface area contributed by atoms with E-state index in [1.165, 1.54) is 12.1 Å². The molecule has 0 aliphatic heterocycles. The molecule has 16 heteroatoms. The highest BCUT2D eigenvalue weighted by molar-refractivity contribution is 7.99. The highest BCUT2D eigenvalue weighted by atomic mass is 32.2. The molecule has 0 aliphatic rings. The van der Waals surface area contributed by atoms with Crippen LogP contribution in [0, 0.1) is 6.92 Å². The van der Waals surface area contributed by atoms with Crippen LogP contribution in [0.2, 0.25) is 0 Å². The Bertz CT molecular complexity index is 1760. The number of hydrogen-bond acceptors (Lipinski definition) is 10. The molecule has 4 aromatic rings. The summed E-state index contributed by atoms with van der Waals surface area (Å²) < 4.78 is 52.3. The van der Waals surface area contributed by atoms with Gasteiger partial charge in [-0.25, -0.2) is 9.59 Å². The normalized spacial score (nSPS) is 11.2. The third kappa shape index (κ3) is 8.77. The summed E-state index contributed by atoms with van der Waals surface area (Å²) in [7, 11) is 0. The summed E-state index contributed by atoms with van der Waals surface area (Å²) in [4.78, 5) is 51.2. The van der Waals surface area contributed by atoms with E-state index in [1.807, 2.05) is 30.3 Å². The van der Waals surface area contributed by atoms with Gasteiger partial charge in [-0.2, -0.15) is 13.2 Å². The van der Waals surface area contributed by atoms with E-state index in [4.69, 9.17) is 9.47 Å². The fraction of sp³-hybridized carbons (Fsp3) is 0.290. The van der Waals surface area contributed by atoms with E-state index in [-0.39, 0.29) is 53.3 Å². The van der Waals surface area contributed by atoms with Gasteiger partial charge in [0.1, 0.15) is 9.88 Å². The van der Waals surface area contributed by atoms with Crippen molar-refractivity contribution in [2.45, 2.75) is 45.2 Å². The Hall–Kier alpha value is -4.70. The molecule has 0 radical (unpaired) electrons. The molecule has 0 unspecified atom stereocenters. The van der Waals surface area contributed by atoms with Crippen molar-refractivity contribution in [3.05, 3.63) is 93.1 Å². The van der Waals surface area contributed by atoms with Crippen LogP contribution in [0.25, 0.3) is 0 Å². The first-order valence-corrected chi connectivity index (χ1v) is 16.0. The van der Waals surface area contributed by atoms with Crippen LogP contribution in [-0.2, 0) is 33.5 Å². The molecule has 2 aromatic heterocycles. The van der Waals surface area contributed by atoms with Crippen LogP contribution in [0.15, 0.2) is 59.8 Å². The Balaban J connectivity index is 1.53. The van der Waals surface area contributed by atoms with Crippen molar-refractivity contribution >= 4 is 51.9 Å². The second-order valence-electron chi connectivity index (χ2n) is 9.73. The zero-order chi connectivity index (χ0) is 34.1. The van der Waals surface area contributed by atoms with E-state index >= 15 is 0 Å². The van der Waals surface area contributed by atoms with Crippen molar-refractivity contribution in [1.29, 1.82) is 0 Å². The van der Waals surface area contributed by atoms with Gasteiger partial charge in [-0.1, -0.05) is 54.2 Å². The number of aromatic nitrogens is 3. The zero-order valence-electron chi connectivity index (χ0n) is 25.5.